The number of aryl methyl sites for hydroxylation is 1. The van der Waals surface area contributed by atoms with Crippen molar-refractivity contribution in [3.8, 4) is 0 Å². The number of nitrogens with zero attached hydrogens (tertiary/aromatic N) is 2. The van der Waals surface area contributed by atoms with Crippen LogP contribution in [0.4, 0.5) is 0 Å². The number of benzene rings is 2. The molecule has 0 radical (unpaired) electrons. The topological polar surface area (TPSA) is 32.7 Å². The van der Waals surface area contributed by atoms with Crippen molar-refractivity contribution in [2.45, 2.75) is 52.6 Å². The Morgan fingerprint density at radius 1 is 1.07 bits per heavy atom. The van der Waals surface area contributed by atoms with Crippen molar-refractivity contribution in [1.29, 1.82) is 0 Å². The fourth-order valence-electron chi connectivity index (χ4n) is 3.29. The van der Waals surface area contributed by atoms with E-state index >= 15 is 0 Å². The van der Waals surface area contributed by atoms with E-state index in [9.17, 15) is 4.79 Å². The van der Waals surface area contributed by atoms with Gasteiger partial charge in [-0.2, -0.15) is 0 Å². The molecule has 27 heavy (non-hydrogen) atoms. The molecule has 0 aliphatic carbocycles. The Morgan fingerprint density at radius 2 is 1.70 bits per heavy atom. The van der Waals surface area contributed by atoms with Crippen molar-refractivity contribution >= 4 is 28.8 Å². The van der Waals surface area contributed by atoms with Crippen LogP contribution in [0.15, 0.2) is 53.5 Å². The minimum atomic E-state index is -0.712. The highest BCUT2D eigenvalue weighted by Crippen LogP contribution is 2.30. The van der Waals surface area contributed by atoms with Crippen LogP contribution in [0.1, 0.15) is 61.7 Å². The van der Waals surface area contributed by atoms with Crippen molar-refractivity contribution in [2.75, 3.05) is 0 Å². The maximum absolute atomic E-state index is 13.2. The summed E-state index contributed by atoms with van der Waals surface area (Å²) >= 11 is 5.68. The summed E-state index contributed by atoms with van der Waals surface area (Å²) in [5.41, 5.74) is 3.95. The highest BCUT2D eigenvalue weighted by atomic mass is 32.1. The maximum atomic E-state index is 13.2. The Morgan fingerprint density at radius 3 is 2.26 bits per heavy atom. The minimum absolute atomic E-state index is 0.0863. The number of carbonyl (C=O) groups is 1. The van der Waals surface area contributed by atoms with E-state index in [0.717, 1.165) is 11.1 Å². The van der Waals surface area contributed by atoms with Crippen LogP contribution in [-0.2, 0) is 5.41 Å². The van der Waals surface area contributed by atoms with Gasteiger partial charge in [0.15, 0.2) is 0 Å². The predicted octanol–water partition coefficient (Wildman–Crippen LogP) is 5.30. The van der Waals surface area contributed by atoms with Crippen LogP contribution in [0.25, 0.3) is 0 Å². The second kappa shape index (κ2) is 6.68. The Bertz CT molecular complexity index is 934. The normalized spacial score (nSPS) is 16.4. The monoisotopic (exact) mass is 378 g/mol. The van der Waals surface area contributed by atoms with Gasteiger partial charge in [-0.15, -0.1) is 0 Å². The SMILES string of the molecule is Cc1cccc(C(=O)N2C(=S)C(c3ccc(C(C)(C)C)cc3)=NC2(C)C)c1. The van der Waals surface area contributed by atoms with Crippen LogP contribution >= 0.6 is 12.2 Å². The van der Waals surface area contributed by atoms with E-state index in [1.54, 1.807) is 4.90 Å². The van der Waals surface area contributed by atoms with Gasteiger partial charge < -0.3 is 0 Å². The molecular formula is C23H26N2OS. The third-order valence-electron chi connectivity index (χ3n) is 4.83. The zero-order valence-electron chi connectivity index (χ0n) is 16.8. The number of amides is 1. The van der Waals surface area contributed by atoms with Gasteiger partial charge in [-0.05, 0) is 43.9 Å². The lowest BCUT2D eigenvalue weighted by Gasteiger charge is -2.29. The first-order valence-electron chi connectivity index (χ1n) is 9.17. The largest absolute Gasteiger partial charge is 0.272 e. The number of aliphatic imine (C=N–C) groups is 1. The van der Waals surface area contributed by atoms with Gasteiger partial charge in [0.1, 0.15) is 16.4 Å². The maximum Gasteiger partial charge on any atom is 0.260 e. The van der Waals surface area contributed by atoms with Crippen molar-refractivity contribution < 1.29 is 4.79 Å². The molecule has 0 N–H and O–H groups in total. The number of rotatable bonds is 2. The number of carbonyl (C=O) groups excluding carboxylic acids is 1. The Balaban J connectivity index is 1.94. The molecule has 1 aliphatic rings. The number of hydrogen-bond acceptors (Lipinski definition) is 3. The van der Waals surface area contributed by atoms with Crippen LogP contribution < -0.4 is 0 Å². The molecule has 2 aromatic rings. The summed E-state index contributed by atoms with van der Waals surface area (Å²) in [6.45, 7) is 12.4. The van der Waals surface area contributed by atoms with E-state index in [2.05, 4.69) is 32.9 Å². The molecule has 1 amide bonds. The molecule has 4 heteroatoms. The van der Waals surface area contributed by atoms with Crippen molar-refractivity contribution in [3.05, 3.63) is 70.8 Å². The molecule has 3 rings (SSSR count). The summed E-state index contributed by atoms with van der Waals surface area (Å²) in [5.74, 6) is -0.112. The molecule has 1 heterocycles. The zero-order valence-corrected chi connectivity index (χ0v) is 17.6. The summed E-state index contributed by atoms with van der Waals surface area (Å²) in [6, 6.07) is 15.9. The van der Waals surface area contributed by atoms with Crippen molar-refractivity contribution in [3.63, 3.8) is 0 Å². The van der Waals surface area contributed by atoms with Crippen LogP contribution in [0.2, 0.25) is 0 Å². The van der Waals surface area contributed by atoms with E-state index in [4.69, 9.17) is 17.2 Å². The minimum Gasteiger partial charge on any atom is -0.272 e. The van der Waals surface area contributed by atoms with Gasteiger partial charge in [-0.3, -0.25) is 14.7 Å². The van der Waals surface area contributed by atoms with Crippen LogP contribution in [-0.4, -0.2) is 27.2 Å². The average molecular weight is 379 g/mol. The van der Waals surface area contributed by atoms with Crippen molar-refractivity contribution in [1.82, 2.24) is 4.90 Å². The molecule has 0 saturated heterocycles. The van der Waals surface area contributed by atoms with Crippen LogP contribution in [0.3, 0.4) is 0 Å². The Kier molecular flexibility index (Phi) is 4.81. The number of thiocarbonyl (C=S) groups is 1. The molecular weight excluding hydrogens is 352 g/mol. The molecule has 0 spiro atoms. The lowest BCUT2D eigenvalue weighted by molar-refractivity contribution is 0.0758. The lowest BCUT2D eigenvalue weighted by atomic mass is 9.86. The first-order valence-corrected chi connectivity index (χ1v) is 9.58. The van der Waals surface area contributed by atoms with Gasteiger partial charge in [0, 0.05) is 11.1 Å². The molecule has 2 aromatic carbocycles. The standard InChI is InChI=1S/C23H26N2OS/c1-15-8-7-9-17(14-15)20(26)25-21(27)19(24-23(25,5)6)16-10-12-18(13-11-16)22(2,3)4/h7-14H,1-6H3. The highest BCUT2D eigenvalue weighted by Gasteiger charge is 2.42. The second-order valence-electron chi connectivity index (χ2n) is 8.60. The van der Waals surface area contributed by atoms with Gasteiger partial charge in [-0.25, -0.2) is 0 Å². The first kappa shape index (κ1) is 19.4. The summed E-state index contributed by atoms with van der Waals surface area (Å²) in [7, 11) is 0. The van der Waals surface area contributed by atoms with E-state index < -0.39 is 5.66 Å². The predicted molar refractivity (Wildman–Crippen MR) is 116 cm³/mol. The summed E-state index contributed by atoms with van der Waals surface area (Å²) in [6.07, 6.45) is 0. The van der Waals surface area contributed by atoms with E-state index in [-0.39, 0.29) is 11.3 Å². The quantitative estimate of drug-likeness (QED) is 0.664. The van der Waals surface area contributed by atoms with Gasteiger partial charge in [-0.1, -0.05) is 75.0 Å². The highest BCUT2D eigenvalue weighted by molar-refractivity contribution is 7.82. The lowest BCUT2D eigenvalue weighted by Crippen LogP contribution is -2.46. The van der Waals surface area contributed by atoms with E-state index in [0.29, 0.717) is 16.3 Å². The molecule has 0 unspecified atom stereocenters. The van der Waals surface area contributed by atoms with E-state index in [1.165, 1.54) is 5.56 Å². The molecule has 1 aliphatic heterocycles. The first-order chi connectivity index (χ1) is 12.5. The average Bonchev–Trinajstić information content (AvgIpc) is 2.83. The van der Waals surface area contributed by atoms with Gasteiger partial charge in [0.2, 0.25) is 0 Å². The van der Waals surface area contributed by atoms with Gasteiger partial charge in [0.25, 0.3) is 5.91 Å². The molecule has 0 bridgehead atoms. The summed E-state index contributed by atoms with van der Waals surface area (Å²) in [4.78, 5) is 20.1. The van der Waals surface area contributed by atoms with Crippen LogP contribution in [0.5, 0.6) is 0 Å². The molecule has 0 saturated carbocycles. The molecule has 0 fully saturated rings. The third-order valence-corrected chi connectivity index (χ3v) is 5.21. The molecule has 3 nitrogen and oxygen atoms in total. The van der Waals surface area contributed by atoms with Gasteiger partial charge in [0.05, 0.1) is 0 Å². The smallest absolute Gasteiger partial charge is 0.260 e. The molecule has 0 atom stereocenters. The zero-order chi connectivity index (χ0) is 20.0. The van der Waals surface area contributed by atoms with Crippen molar-refractivity contribution in [2.24, 2.45) is 4.99 Å². The second-order valence-corrected chi connectivity index (χ2v) is 8.98. The summed E-state index contributed by atoms with van der Waals surface area (Å²) < 4.78 is 0. The fraction of sp³-hybridized carbons (Fsp3) is 0.348. The van der Waals surface area contributed by atoms with E-state index in [1.807, 2.05) is 57.2 Å². The summed E-state index contributed by atoms with van der Waals surface area (Å²) in [5, 5.41) is 0. The Labute approximate surface area is 167 Å². The van der Waals surface area contributed by atoms with Crippen LogP contribution in [0, 0.1) is 6.92 Å². The van der Waals surface area contributed by atoms with Gasteiger partial charge >= 0.3 is 0 Å². The third kappa shape index (κ3) is 3.72. The molecule has 0 aromatic heterocycles. The number of hydrogen-bond donors (Lipinski definition) is 0. The molecule has 140 valence electrons. The fourth-order valence-corrected chi connectivity index (χ4v) is 3.76. The Hall–Kier alpha value is -2.33.